The SMILES string of the molecule is CC(NCc1ccc(Oc2cnccn2)cc1)C(O)Cc1ccccc1. The molecule has 5 nitrogen and oxygen atoms in total. The summed E-state index contributed by atoms with van der Waals surface area (Å²) in [5.41, 5.74) is 2.26. The number of aliphatic hydroxyl groups excluding tert-OH is 1. The maximum absolute atomic E-state index is 10.4. The van der Waals surface area contributed by atoms with Gasteiger partial charge in [-0.2, -0.15) is 0 Å². The second kappa shape index (κ2) is 9.08. The van der Waals surface area contributed by atoms with E-state index in [1.807, 2.05) is 61.5 Å². The molecule has 0 aliphatic carbocycles. The monoisotopic (exact) mass is 349 g/mol. The number of hydrogen-bond acceptors (Lipinski definition) is 5. The largest absolute Gasteiger partial charge is 0.438 e. The van der Waals surface area contributed by atoms with Crippen molar-refractivity contribution in [1.29, 1.82) is 0 Å². The number of benzene rings is 2. The van der Waals surface area contributed by atoms with Crippen LogP contribution in [0.25, 0.3) is 0 Å². The van der Waals surface area contributed by atoms with Crippen LogP contribution in [0.2, 0.25) is 0 Å². The second-order valence-electron chi connectivity index (χ2n) is 6.22. The number of rotatable bonds is 8. The third kappa shape index (κ3) is 5.37. The molecule has 0 fully saturated rings. The first kappa shape index (κ1) is 18.0. The van der Waals surface area contributed by atoms with Gasteiger partial charge >= 0.3 is 0 Å². The van der Waals surface area contributed by atoms with E-state index in [9.17, 15) is 5.11 Å². The van der Waals surface area contributed by atoms with Crippen molar-refractivity contribution in [3.63, 3.8) is 0 Å². The minimum atomic E-state index is -0.434. The molecule has 2 aromatic carbocycles. The van der Waals surface area contributed by atoms with E-state index in [1.165, 1.54) is 0 Å². The van der Waals surface area contributed by atoms with E-state index in [0.717, 1.165) is 11.1 Å². The van der Waals surface area contributed by atoms with Gasteiger partial charge in [-0.15, -0.1) is 0 Å². The van der Waals surface area contributed by atoms with Gasteiger partial charge in [0, 0.05) is 25.0 Å². The minimum Gasteiger partial charge on any atom is -0.438 e. The molecule has 0 amide bonds. The fraction of sp³-hybridized carbons (Fsp3) is 0.238. The van der Waals surface area contributed by atoms with Crippen LogP contribution in [0.15, 0.2) is 73.2 Å². The zero-order chi connectivity index (χ0) is 18.2. The van der Waals surface area contributed by atoms with E-state index < -0.39 is 6.10 Å². The molecule has 1 heterocycles. The van der Waals surface area contributed by atoms with Crippen molar-refractivity contribution in [3.05, 3.63) is 84.3 Å². The lowest BCUT2D eigenvalue weighted by Gasteiger charge is -2.20. The van der Waals surface area contributed by atoms with E-state index in [0.29, 0.717) is 24.6 Å². The van der Waals surface area contributed by atoms with Gasteiger partial charge in [0.1, 0.15) is 5.75 Å². The van der Waals surface area contributed by atoms with Crippen LogP contribution < -0.4 is 10.1 Å². The number of aliphatic hydroxyl groups is 1. The highest BCUT2D eigenvalue weighted by Gasteiger charge is 2.14. The molecule has 2 unspecified atom stereocenters. The molecule has 0 saturated carbocycles. The summed E-state index contributed by atoms with van der Waals surface area (Å²) in [6, 6.07) is 17.8. The number of nitrogens with one attached hydrogen (secondary N) is 1. The molecular weight excluding hydrogens is 326 g/mol. The van der Waals surface area contributed by atoms with Gasteiger partial charge in [0.15, 0.2) is 0 Å². The van der Waals surface area contributed by atoms with Gasteiger partial charge in [-0.05, 0) is 36.6 Å². The van der Waals surface area contributed by atoms with Gasteiger partial charge in [0.25, 0.3) is 0 Å². The van der Waals surface area contributed by atoms with Crippen molar-refractivity contribution < 1.29 is 9.84 Å². The van der Waals surface area contributed by atoms with E-state index in [-0.39, 0.29) is 6.04 Å². The summed E-state index contributed by atoms with van der Waals surface area (Å²) in [5.74, 6) is 1.18. The van der Waals surface area contributed by atoms with Crippen LogP contribution in [-0.2, 0) is 13.0 Å². The Balaban J connectivity index is 1.48. The fourth-order valence-electron chi connectivity index (χ4n) is 2.58. The standard InChI is InChI=1S/C21H23N3O2/c1-16(20(25)13-17-5-3-2-4-6-17)24-14-18-7-9-19(10-8-18)26-21-15-22-11-12-23-21/h2-12,15-16,20,24-25H,13-14H2,1H3. The predicted molar refractivity (Wildman–Crippen MR) is 101 cm³/mol. The highest BCUT2D eigenvalue weighted by Crippen LogP contribution is 2.18. The molecule has 26 heavy (non-hydrogen) atoms. The summed E-state index contributed by atoms with van der Waals surface area (Å²) in [7, 11) is 0. The Morgan fingerprint density at radius 2 is 1.77 bits per heavy atom. The lowest BCUT2D eigenvalue weighted by molar-refractivity contribution is 0.134. The maximum atomic E-state index is 10.4. The normalized spacial score (nSPS) is 13.2. The summed E-state index contributed by atoms with van der Waals surface area (Å²) >= 11 is 0. The molecule has 0 saturated heterocycles. The van der Waals surface area contributed by atoms with Crippen LogP contribution in [0, 0.1) is 0 Å². The molecule has 5 heteroatoms. The zero-order valence-electron chi connectivity index (χ0n) is 14.7. The van der Waals surface area contributed by atoms with E-state index in [1.54, 1.807) is 18.6 Å². The summed E-state index contributed by atoms with van der Waals surface area (Å²) in [6.45, 7) is 2.68. The average molecular weight is 349 g/mol. The van der Waals surface area contributed by atoms with Gasteiger partial charge in [-0.25, -0.2) is 4.98 Å². The molecule has 2 N–H and O–H groups in total. The summed E-state index contributed by atoms with van der Waals surface area (Å²) in [6.07, 6.45) is 4.98. The molecule has 0 spiro atoms. The molecule has 0 aliphatic heterocycles. The second-order valence-corrected chi connectivity index (χ2v) is 6.22. The Hall–Kier alpha value is -2.76. The van der Waals surface area contributed by atoms with Crippen molar-refractivity contribution in [2.24, 2.45) is 0 Å². The molecular formula is C21H23N3O2. The van der Waals surface area contributed by atoms with Crippen molar-refractivity contribution in [2.75, 3.05) is 0 Å². The van der Waals surface area contributed by atoms with E-state index in [4.69, 9.17) is 4.74 Å². The highest BCUT2D eigenvalue weighted by molar-refractivity contribution is 5.29. The van der Waals surface area contributed by atoms with Crippen LogP contribution in [0.1, 0.15) is 18.1 Å². The molecule has 0 radical (unpaired) electrons. The lowest BCUT2D eigenvalue weighted by atomic mass is 10.0. The van der Waals surface area contributed by atoms with Crippen molar-refractivity contribution in [2.45, 2.75) is 32.0 Å². The molecule has 134 valence electrons. The Morgan fingerprint density at radius 3 is 2.46 bits per heavy atom. The smallest absolute Gasteiger partial charge is 0.237 e. The van der Waals surface area contributed by atoms with Crippen molar-refractivity contribution >= 4 is 0 Å². The van der Waals surface area contributed by atoms with Crippen molar-refractivity contribution in [1.82, 2.24) is 15.3 Å². The topological polar surface area (TPSA) is 67.3 Å². The summed E-state index contributed by atoms with van der Waals surface area (Å²) in [4.78, 5) is 8.06. The van der Waals surface area contributed by atoms with Crippen LogP contribution in [-0.4, -0.2) is 27.2 Å². The van der Waals surface area contributed by atoms with Gasteiger partial charge in [0.2, 0.25) is 5.88 Å². The Kier molecular flexibility index (Phi) is 6.30. The van der Waals surface area contributed by atoms with Gasteiger partial charge in [-0.3, -0.25) is 4.98 Å². The van der Waals surface area contributed by atoms with E-state index in [2.05, 4.69) is 15.3 Å². The van der Waals surface area contributed by atoms with Gasteiger partial charge in [-0.1, -0.05) is 42.5 Å². The van der Waals surface area contributed by atoms with Gasteiger partial charge < -0.3 is 15.2 Å². The highest BCUT2D eigenvalue weighted by atomic mass is 16.5. The van der Waals surface area contributed by atoms with E-state index >= 15 is 0 Å². The molecule has 2 atom stereocenters. The molecule has 1 aromatic heterocycles. The van der Waals surface area contributed by atoms with Crippen molar-refractivity contribution in [3.8, 4) is 11.6 Å². The summed E-state index contributed by atoms with van der Waals surface area (Å²) < 4.78 is 5.63. The zero-order valence-corrected chi connectivity index (χ0v) is 14.7. The molecule has 3 rings (SSSR count). The third-order valence-corrected chi connectivity index (χ3v) is 4.18. The first-order chi connectivity index (χ1) is 12.7. The fourth-order valence-corrected chi connectivity index (χ4v) is 2.58. The van der Waals surface area contributed by atoms with Gasteiger partial charge in [0.05, 0.1) is 12.3 Å². The van der Waals surface area contributed by atoms with Crippen LogP contribution in [0.3, 0.4) is 0 Å². The maximum Gasteiger partial charge on any atom is 0.237 e. The predicted octanol–water partition coefficient (Wildman–Crippen LogP) is 3.35. The Bertz CT molecular complexity index is 779. The number of hydrogen-bond donors (Lipinski definition) is 2. The minimum absolute atomic E-state index is 0.00859. The van der Waals surface area contributed by atoms with Crippen LogP contribution >= 0.6 is 0 Å². The number of ether oxygens (including phenoxy) is 1. The molecule has 0 bridgehead atoms. The first-order valence-corrected chi connectivity index (χ1v) is 8.69. The molecule has 3 aromatic rings. The van der Waals surface area contributed by atoms with Crippen LogP contribution in [0.5, 0.6) is 11.6 Å². The average Bonchev–Trinajstić information content (AvgIpc) is 2.69. The first-order valence-electron chi connectivity index (χ1n) is 8.69. The summed E-state index contributed by atoms with van der Waals surface area (Å²) in [5, 5.41) is 13.7. The Labute approximate surface area is 153 Å². The quantitative estimate of drug-likeness (QED) is 0.653. The third-order valence-electron chi connectivity index (χ3n) is 4.18. The van der Waals surface area contributed by atoms with Crippen LogP contribution in [0.4, 0.5) is 0 Å². The number of aromatic nitrogens is 2. The number of nitrogens with zero attached hydrogens (tertiary/aromatic N) is 2. The Morgan fingerprint density at radius 1 is 1.00 bits per heavy atom. The lowest BCUT2D eigenvalue weighted by Crippen LogP contribution is -2.38. The molecule has 0 aliphatic rings.